The molecule has 4 rings (SSSR count). The number of hydrogen-bond donors (Lipinski definition) is 0. The van der Waals surface area contributed by atoms with Gasteiger partial charge in [0.25, 0.3) is 0 Å². The number of nitrogens with zero attached hydrogens (tertiary/aromatic N) is 3. The van der Waals surface area contributed by atoms with Gasteiger partial charge in [-0.3, -0.25) is 9.59 Å². The van der Waals surface area contributed by atoms with E-state index in [1.54, 1.807) is 12.0 Å². The third-order valence-corrected chi connectivity index (χ3v) is 5.99. The van der Waals surface area contributed by atoms with Gasteiger partial charge >= 0.3 is 0 Å². The third-order valence-electron chi connectivity index (χ3n) is 5.76. The SMILES string of the molecule is COc1ccc(CN2C(=O)COC[C@H]2C(=O)N2CCN(c3cccc(Cl)c3)CC2)cc1. The van der Waals surface area contributed by atoms with Crippen molar-refractivity contribution in [3.63, 3.8) is 0 Å². The van der Waals surface area contributed by atoms with Gasteiger partial charge in [-0.1, -0.05) is 29.8 Å². The number of rotatable bonds is 5. The van der Waals surface area contributed by atoms with Crippen molar-refractivity contribution >= 4 is 29.1 Å². The maximum absolute atomic E-state index is 13.3. The van der Waals surface area contributed by atoms with Gasteiger partial charge in [0, 0.05) is 43.4 Å². The molecule has 2 aromatic rings. The zero-order valence-corrected chi connectivity index (χ0v) is 18.3. The fraction of sp³-hybridized carbons (Fsp3) is 0.391. The van der Waals surface area contributed by atoms with Crippen molar-refractivity contribution in [1.82, 2.24) is 9.80 Å². The Kier molecular flexibility index (Phi) is 6.63. The largest absolute Gasteiger partial charge is 0.497 e. The Morgan fingerprint density at radius 1 is 1.13 bits per heavy atom. The Balaban J connectivity index is 1.41. The molecule has 1 atom stereocenters. The van der Waals surface area contributed by atoms with Crippen LogP contribution >= 0.6 is 11.6 Å². The van der Waals surface area contributed by atoms with Crippen molar-refractivity contribution in [3.8, 4) is 5.75 Å². The van der Waals surface area contributed by atoms with Crippen LogP contribution in [0.1, 0.15) is 5.56 Å². The van der Waals surface area contributed by atoms with E-state index in [0.29, 0.717) is 37.7 Å². The van der Waals surface area contributed by atoms with E-state index >= 15 is 0 Å². The van der Waals surface area contributed by atoms with Gasteiger partial charge in [0.05, 0.1) is 13.7 Å². The van der Waals surface area contributed by atoms with Crippen molar-refractivity contribution in [2.24, 2.45) is 0 Å². The predicted molar refractivity (Wildman–Crippen MR) is 118 cm³/mol. The Hall–Kier alpha value is -2.77. The molecule has 2 heterocycles. The lowest BCUT2D eigenvalue weighted by molar-refractivity contribution is -0.160. The van der Waals surface area contributed by atoms with E-state index in [2.05, 4.69) is 4.90 Å². The Labute approximate surface area is 187 Å². The number of halogens is 1. The van der Waals surface area contributed by atoms with E-state index < -0.39 is 6.04 Å². The molecule has 2 fully saturated rings. The fourth-order valence-electron chi connectivity index (χ4n) is 4.00. The zero-order chi connectivity index (χ0) is 21.8. The summed E-state index contributed by atoms with van der Waals surface area (Å²) in [7, 11) is 1.61. The zero-order valence-electron chi connectivity index (χ0n) is 17.5. The molecule has 2 amide bonds. The van der Waals surface area contributed by atoms with E-state index in [0.717, 1.165) is 17.0 Å². The number of benzene rings is 2. The van der Waals surface area contributed by atoms with Crippen molar-refractivity contribution in [3.05, 3.63) is 59.1 Å². The van der Waals surface area contributed by atoms with E-state index in [4.69, 9.17) is 21.1 Å². The minimum absolute atomic E-state index is 0.00246. The fourth-order valence-corrected chi connectivity index (χ4v) is 4.19. The van der Waals surface area contributed by atoms with Crippen LogP contribution in [0.5, 0.6) is 5.75 Å². The molecule has 2 saturated heterocycles. The summed E-state index contributed by atoms with van der Waals surface area (Å²) in [5, 5.41) is 0.697. The van der Waals surface area contributed by atoms with E-state index in [1.807, 2.05) is 53.4 Å². The lowest BCUT2D eigenvalue weighted by Crippen LogP contribution is -2.59. The second-order valence-electron chi connectivity index (χ2n) is 7.69. The van der Waals surface area contributed by atoms with Gasteiger partial charge in [0.2, 0.25) is 11.8 Å². The van der Waals surface area contributed by atoms with E-state index in [1.165, 1.54) is 0 Å². The number of carbonyl (C=O) groups excluding carboxylic acids is 2. The van der Waals surface area contributed by atoms with Crippen molar-refractivity contribution in [2.45, 2.75) is 12.6 Å². The standard InChI is InChI=1S/C23H26ClN3O4/c1-30-20-7-5-17(6-8-20)14-27-21(15-31-16-22(27)28)23(29)26-11-9-25(10-12-26)19-4-2-3-18(24)13-19/h2-8,13,21H,9-12,14-16H2,1H3/t21-/m0/s1. The van der Waals surface area contributed by atoms with Crippen LogP contribution in [0.3, 0.4) is 0 Å². The lowest BCUT2D eigenvalue weighted by Gasteiger charge is -2.41. The molecule has 0 spiro atoms. The molecule has 0 bridgehead atoms. The van der Waals surface area contributed by atoms with Gasteiger partial charge in [-0.05, 0) is 35.9 Å². The summed E-state index contributed by atoms with van der Waals surface area (Å²) < 4.78 is 10.6. The number of methoxy groups -OCH3 is 1. The monoisotopic (exact) mass is 443 g/mol. The quantitative estimate of drug-likeness (QED) is 0.710. The molecule has 8 heteroatoms. The molecule has 2 aliphatic rings. The number of hydrogen-bond acceptors (Lipinski definition) is 5. The molecule has 7 nitrogen and oxygen atoms in total. The number of amides is 2. The number of morpholine rings is 1. The van der Waals surface area contributed by atoms with Crippen LogP contribution in [-0.2, 0) is 20.9 Å². The number of anilines is 1. The molecule has 2 aromatic carbocycles. The molecule has 0 aromatic heterocycles. The predicted octanol–water partition coefficient (Wildman–Crippen LogP) is 2.42. The molecular weight excluding hydrogens is 418 g/mol. The normalized spacial score (nSPS) is 19.5. The first-order valence-electron chi connectivity index (χ1n) is 10.3. The van der Waals surface area contributed by atoms with E-state index in [-0.39, 0.29) is 25.0 Å². The van der Waals surface area contributed by atoms with Gasteiger partial charge in [0.15, 0.2) is 0 Å². The van der Waals surface area contributed by atoms with Gasteiger partial charge < -0.3 is 24.2 Å². The van der Waals surface area contributed by atoms with Gasteiger partial charge in [-0.15, -0.1) is 0 Å². The lowest BCUT2D eigenvalue weighted by atomic mass is 10.1. The molecule has 0 saturated carbocycles. The molecule has 31 heavy (non-hydrogen) atoms. The van der Waals surface area contributed by atoms with Crippen LogP contribution in [0.25, 0.3) is 0 Å². The highest BCUT2D eigenvalue weighted by Gasteiger charge is 2.37. The smallest absolute Gasteiger partial charge is 0.249 e. The van der Waals surface area contributed by atoms with Crippen LogP contribution in [-0.4, -0.2) is 74.2 Å². The highest BCUT2D eigenvalue weighted by molar-refractivity contribution is 6.30. The summed E-state index contributed by atoms with van der Waals surface area (Å²) in [5.41, 5.74) is 2.00. The maximum Gasteiger partial charge on any atom is 0.249 e. The Bertz CT molecular complexity index is 929. The highest BCUT2D eigenvalue weighted by Crippen LogP contribution is 2.22. The molecule has 0 N–H and O–H groups in total. The topological polar surface area (TPSA) is 62.3 Å². The second-order valence-corrected chi connectivity index (χ2v) is 8.13. The molecule has 0 unspecified atom stereocenters. The molecule has 164 valence electrons. The number of ether oxygens (including phenoxy) is 2. The van der Waals surface area contributed by atoms with Crippen molar-refractivity contribution < 1.29 is 19.1 Å². The molecule has 0 radical (unpaired) electrons. The van der Waals surface area contributed by atoms with Crippen LogP contribution in [0.4, 0.5) is 5.69 Å². The minimum atomic E-state index is -0.610. The molecule has 2 aliphatic heterocycles. The summed E-state index contributed by atoms with van der Waals surface area (Å²) in [6.07, 6.45) is 0. The Morgan fingerprint density at radius 2 is 1.87 bits per heavy atom. The second kappa shape index (κ2) is 9.58. The first-order chi connectivity index (χ1) is 15.0. The minimum Gasteiger partial charge on any atom is -0.497 e. The van der Waals surface area contributed by atoms with Crippen LogP contribution in [0.2, 0.25) is 5.02 Å². The molecular formula is C23H26ClN3O4. The van der Waals surface area contributed by atoms with Crippen LogP contribution in [0, 0.1) is 0 Å². The number of piperazine rings is 1. The average Bonchev–Trinajstić information content (AvgIpc) is 2.80. The maximum atomic E-state index is 13.3. The molecule has 0 aliphatic carbocycles. The summed E-state index contributed by atoms with van der Waals surface area (Å²) in [4.78, 5) is 31.5. The summed E-state index contributed by atoms with van der Waals surface area (Å²) in [6, 6.07) is 14.6. The summed E-state index contributed by atoms with van der Waals surface area (Å²) >= 11 is 6.11. The first-order valence-corrected chi connectivity index (χ1v) is 10.7. The first kappa shape index (κ1) is 21.5. The van der Waals surface area contributed by atoms with Crippen molar-refractivity contribution in [1.29, 1.82) is 0 Å². The number of carbonyl (C=O) groups is 2. The van der Waals surface area contributed by atoms with Crippen LogP contribution < -0.4 is 9.64 Å². The van der Waals surface area contributed by atoms with E-state index in [9.17, 15) is 9.59 Å². The summed E-state index contributed by atoms with van der Waals surface area (Å²) in [5.74, 6) is 0.521. The van der Waals surface area contributed by atoms with Crippen LogP contribution in [0.15, 0.2) is 48.5 Å². The van der Waals surface area contributed by atoms with Gasteiger partial charge in [-0.25, -0.2) is 0 Å². The highest BCUT2D eigenvalue weighted by atomic mass is 35.5. The van der Waals surface area contributed by atoms with Gasteiger partial charge in [-0.2, -0.15) is 0 Å². The summed E-state index contributed by atoms with van der Waals surface area (Å²) in [6.45, 7) is 3.19. The Morgan fingerprint density at radius 3 is 2.55 bits per heavy atom. The third kappa shape index (κ3) is 4.94. The van der Waals surface area contributed by atoms with Crippen molar-refractivity contribution in [2.75, 3.05) is 51.4 Å². The van der Waals surface area contributed by atoms with Gasteiger partial charge in [0.1, 0.15) is 18.4 Å². The average molecular weight is 444 g/mol.